The number of thiol groups is 1. The van der Waals surface area contributed by atoms with Crippen LogP contribution in [0.4, 0.5) is 4.79 Å². The highest BCUT2D eigenvalue weighted by atomic mass is 32.2. The molecular formula is C41H55N9O9S. The molecule has 2 aromatic carbocycles. The Bertz CT molecular complexity index is 2170. The summed E-state index contributed by atoms with van der Waals surface area (Å²) in [5.74, 6) is -3.84. The second-order valence-electron chi connectivity index (χ2n) is 16.8. The third kappa shape index (κ3) is 10.7. The van der Waals surface area contributed by atoms with Crippen molar-refractivity contribution < 1.29 is 42.3 Å². The summed E-state index contributed by atoms with van der Waals surface area (Å²) in [6.45, 7) is 3.20. The molecule has 3 fully saturated rings. The van der Waals surface area contributed by atoms with Gasteiger partial charge in [0.15, 0.2) is 10.7 Å². The predicted molar refractivity (Wildman–Crippen MR) is 220 cm³/mol. The Morgan fingerprint density at radius 1 is 0.967 bits per heavy atom. The zero-order chi connectivity index (χ0) is 43.2. The molecule has 60 heavy (non-hydrogen) atoms. The molecule has 2 heterocycles. The highest BCUT2D eigenvalue weighted by Gasteiger charge is 2.48. The van der Waals surface area contributed by atoms with E-state index in [1.807, 2.05) is 30.3 Å². The number of Topliss-reactive ketones (excluding diaryl/α,β-unsaturated/α-hetero) is 1. The van der Waals surface area contributed by atoms with E-state index >= 15 is 0 Å². The monoisotopic (exact) mass is 849 g/mol. The highest BCUT2D eigenvalue weighted by Crippen LogP contribution is 2.36. The van der Waals surface area contributed by atoms with Crippen molar-refractivity contribution in [1.29, 1.82) is 0 Å². The first-order chi connectivity index (χ1) is 28.6. The van der Waals surface area contributed by atoms with E-state index in [0.29, 0.717) is 36.9 Å². The minimum atomic E-state index is -2.83. The number of primary amides is 1. The first kappa shape index (κ1) is 44.1. The quantitative estimate of drug-likeness (QED) is 0.0550. The van der Waals surface area contributed by atoms with Crippen molar-refractivity contribution in [3.05, 3.63) is 59.9 Å². The SMILES string of the molecule is CC(C)(O)c1cnnn1[C@H]1C[C@@H](C(=O)NC(CCCCNC(=O)NC2([SH](=O)=O)CC2)C(=O)C(N)=O)N(C(=O)[C@@H](CC2CCCCC2)NC(=O)c2ccc3ccccc3c2)C1. The second-order valence-corrected chi connectivity index (χ2v) is 18.2. The summed E-state index contributed by atoms with van der Waals surface area (Å²) in [5, 5.41) is 31.6. The van der Waals surface area contributed by atoms with Gasteiger partial charge in [-0.05, 0) is 81.2 Å². The summed E-state index contributed by atoms with van der Waals surface area (Å²) < 4.78 is 24.4. The zero-order valence-corrected chi connectivity index (χ0v) is 34.8. The Morgan fingerprint density at radius 2 is 1.68 bits per heavy atom. The Kier molecular flexibility index (Phi) is 13.9. The van der Waals surface area contributed by atoms with Crippen LogP contribution in [0, 0.1) is 5.92 Å². The number of rotatable bonds is 18. The maximum absolute atomic E-state index is 14.9. The number of likely N-dealkylation sites (tertiary alicyclic amines) is 1. The number of nitrogens with zero attached hydrogens (tertiary/aromatic N) is 4. The van der Waals surface area contributed by atoms with Gasteiger partial charge in [0, 0.05) is 25.1 Å². The third-order valence-corrected chi connectivity index (χ3v) is 13.1. The minimum Gasteiger partial charge on any atom is -0.384 e. The smallest absolute Gasteiger partial charge is 0.316 e. The maximum Gasteiger partial charge on any atom is 0.316 e. The van der Waals surface area contributed by atoms with E-state index in [2.05, 4.69) is 31.6 Å². The number of ketones is 1. The van der Waals surface area contributed by atoms with Gasteiger partial charge >= 0.3 is 6.03 Å². The summed E-state index contributed by atoms with van der Waals surface area (Å²) in [6.07, 6.45) is 7.80. The van der Waals surface area contributed by atoms with Gasteiger partial charge < -0.3 is 37.0 Å². The zero-order valence-electron chi connectivity index (χ0n) is 33.9. The van der Waals surface area contributed by atoms with Crippen LogP contribution < -0.4 is 27.0 Å². The summed E-state index contributed by atoms with van der Waals surface area (Å²) in [6, 6.07) is 8.07. The largest absolute Gasteiger partial charge is 0.384 e. The van der Waals surface area contributed by atoms with E-state index in [4.69, 9.17) is 5.73 Å². The number of nitrogens with two attached hydrogens (primary N) is 1. The number of aliphatic hydroxyl groups is 1. The lowest BCUT2D eigenvalue weighted by molar-refractivity contribution is -0.142. The standard InChI is InChI=1S/C41H55N9O9S/c1-40(2,57)33-23-44-48-50(33)29-22-32(37(54)45-30(34(51)35(42)52)14-8-9-19-43-39(56)47-41(17-18-41)60(58)59)49(24-29)38(55)31(20-25-10-4-3-5-11-25)46-36(53)28-16-15-26-12-6-7-13-27(26)21-28/h6-7,12-13,15-16,21,23,25,29-32,57,60H,3-5,8-11,14,17-20,22,24H2,1-2H3,(H2,42,52)(H,45,54)(H,46,53)(H2,43,47,56)/t29-,30?,31+,32-/m0/s1. The lowest BCUT2D eigenvalue weighted by Crippen LogP contribution is -2.56. The Balaban J connectivity index is 1.21. The summed E-state index contributed by atoms with van der Waals surface area (Å²) in [5.41, 5.74) is 4.74. The van der Waals surface area contributed by atoms with E-state index in [0.717, 1.165) is 42.9 Å². The van der Waals surface area contributed by atoms with Gasteiger partial charge in [-0.3, -0.25) is 24.0 Å². The van der Waals surface area contributed by atoms with Crippen LogP contribution in [0.15, 0.2) is 48.7 Å². The minimum absolute atomic E-state index is 0.00565. The average Bonchev–Trinajstić information content (AvgIpc) is 3.60. The Hall–Kier alpha value is -5.43. The molecule has 19 heteroatoms. The molecule has 18 nitrogen and oxygen atoms in total. The number of aromatic nitrogens is 3. The molecule has 0 radical (unpaired) electrons. The molecule has 1 aromatic heterocycles. The van der Waals surface area contributed by atoms with Gasteiger partial charge in [-0.25, -0.2) is 17.9 Å². The van der Waals surface area contributed by atoms with Gasteiger partial charge in [0.2, 0.25) is 17.6 Å². The molecule has 1 unspecified atom stereocenters. The molecule has 0 bridgehead atoms. The average molecular weight is 850 g/mol. The van der Waals surface area contributed by atoms with Crippen molar-refractivity contribution in [2.75, 3.05) is 13.1 Å². The first-order valence-corrected chi connectivity index (χ1v) is 21.8. The van der Waals surface area contributed by atoms with Crippen molar-refractivity contribution >= 4 is 56.9 Å². The van der Waals surface area contributed by atoms with Crippen molar-refractivity contribution in [2.24, 2.45) is 11.7 Å². The lowest BCUT2D eigenvalue weighted by Gasteiger charge is -2.32. The van der Waals surface area contributed by atoms with Gasteiger partial charge in [-0.1, -0.05) is 67.6 Å². The second kappa shape index (κ2) is 18.9. The highest BCUT2D eigenvalue weighted by molar-refractivity contribution is 7.74. The molecule has 6 amide bonds. The number of unbranched alkanes of at least 4 members (excludes halogenated alkanes) is 1. The molecule has 7 N–H and O–H groups in total. The van der Waals surface area contributed by atoms with E-state index < -0.39 is 80.8 Å². The predicted octanol–water partition coefficient (Wildman–Crippen LogP) is 1.68. The molecule has 6 rings (SSSR count). The van der Waals surface area contributed by atoms with Crippen molar-refractivity contribution in [1.82, 2.24) is 41.2 Å². The molecule has 0 spiro atoms. The lowest BCUT2D eigenvalue weighted by atomic mass is 9.84. The molecule has 1 saturated heterocycles. The summed E-state index contributed by atoms with van der Waals surface area (Å²) >= 11 is 0. The fourth-order valence-corrected chi connectivity index (χ4v) is 8.97. The van der Waals surface area contributed by atoms with Crippen LogP contribution in [0.2, 0.25) is 0 Å². The molecule has 3 aliphatic rings. The molecule has 324 valence electrons. The number of carbonyl (C=O) groups is 6. The van der Waals surface area contributed by atoms with Gasteiger partial charge in [0.05, 0.1) is 24.0 Å². The van der Waals surface area contributed by atoms with Crippen LogP contribution in [0.3, 0.4) is 0 Å². The van der Waals surface area contributed by atoms with Crippen LogP contribution in [0.25, 0.3) is 10.8 Å². The van der Waals surface area contributed by atoms with Crippen molar-refractivity contribution in [3.8, 4) is 0 Å². The number of benzene rings is 2. The number of nitrogens with one attached hydrogen (secondary N) is 4. The van der Waals surface area contributed by atoms with Crippen LogP contribution >= 0.6 is 0 Å². The third-order valence-electron chi connectivity index (χ3n) is 11.8. The molecule has 3 aromatic rings. The molecule has 2 aliphatic carbocycles. The van der Waals surface area contributed by atoms with Gasteiger partial charge in [0.25, 0.3) is 11.8 Å². The Labute approximate surface area is 349 Å². The van der Waals surface area contributed by atoms with E-state index in [1.54, 1.807) is 26.0 Å². The summed E-state index contributed by atoms with van der Waals surface area (Å²) in [4.78, 5) is 80.8. The Morgan fingerprint density at radius 3 is 2.35 bits per heavy atom. The summed E-state index contributed by atoms with van der Waals surface area (Å²) in [7, 11) is -2.83. The van der Waals surface area contributed by atoms with E-state index in [-0.39, 0.29) is 38.3 Å². The van der Waals surface area contributed by atoms with Gasteiger partial charge in [-0.15, -0.1) is 5.10 Å². The van der Waals surface area contributed by atoms with Gasteiger partial charge in [-0.2, -0.15) is 0 Å². The first-order valence-electron chi connectivity index (χ1n) is 20.6. The van der Waals surface area contributed by atoms with Crippen LogP contribution in [0.5, 0.6) is 0 Å². The fraction of sp³-hybridized carbons (Fsp3) is 0.561. The topological polar surface area (TPSA) is 265 Å². The molecule has 2 saturated carbocycles. The number of hydrogen-bond acceptors (Lipinski definition) is 11. The molecular weight excluding hydrogens is 795 g/mol. The van der Waals surface area contributed by atoms with Crippen LogP contribution in [-0.2, 0) is 35.5 Å². The number of hydrogen-bond donors (Lipinski definition) is 7. The number of amides is 6. The number of carbonyl (C=O) groups excluding carboxylic acids is 6. The maximum atomic E-state index is 14.9. The van der Waals surface area contributed by atoms with E-state index in [1.165, 1.54) is 15.8 Å². The number of urea groups is 1. The normalized spacial score (nSPS) is 20.0. The van der Waals surface area contributed by atoms with Crippen LogP contribution in [0.1, 0.15) is 113 Å². The van der Waals surface area contributed by atoms with Gasteiger partial charge in [0.1, 0.15) is 22.6 Å². The number of fused-ring (bicyclic) bond motifs is 1. The van der Waals surface area contributed by atoms with E-state index in [9.17, 15) is 42.3 Å². The fourth-order valence-electron chi connectivity index (χ4n) is 8.30. The molecule has 4 atom stereocenters. The van der Waals surface area contributed by atoms with Crippen molar-refractivity contribution in [3.63, 3.8) is 0 Å². The van der Waals surface area contributed by atoms with Crippen molar-refractivity contribution in [2.45, 2.75) is 126 Å². The van der Waals surface area contributed by atoms with Crippen LogP contribution in [-0.4, -0.2) is 105 Å². The molecule has 1 aliphatic heterocycles.